The summed E-state index contributed by atoms with van der Waals surface area (Å²) < 4.78 is 10.5. The van der Waals surface area contributed by atoms with Crippen LogP contribution in [-0.4, -0.2) is 30.9 Å². The number of methoxy groups -OCH3 is 2. The van der Waals surface area contributed by atoms with Crippen molar-refractivity contribution in [2.24, 2.45) is 0 Å². The van der Waals surface area contributed by atoms with Crippen molar-refractivity contribution in [1.29, 1.82) is 0 Å². The van der Waals surface area contributed by atoms with E-state index in [-0.39, 0.29) is 11.7 Å². The van der Waals surface area contributed by atoms with Gasteiger partial charge in [0, 0.05) is 5.38 Å². The fraction of sp³-hybridized carbons (Fsp3) is 0.231. The molecule has 0 saturated carbocycles. The Kier molecular flexibility index (Phi) is 4.39. The van der Waals surface area contributed by atoms with Crippen LogP contribution in [0.15, 0.2) is 23.6 Å². The molecule has 0 radical (unpaired) electrons. The molecule has 0 unspecified atom stereocenters. The third-order valence-electron chi connectivity index (χ3n) is 2.55. The number of ketones is 1. The van der Waals surface area contributed by atoms with E-state index in [1.165, 1.54) is 11.3 Å². The first-order chi connectivity index (χ1) is 9.19. The van der Waals surface area contributed by atoms with Gasteiger partial charge in [-0.15, -0.1) is 22.9 Å². The van der Waals surface area contributed by atoms with Crippen LogP contribution in [0.2, 0.25) is 0 Å². The highest BCUT2D eigenvalue weighted by Gasteiger charge is 2.14. The van der Waals surface area contributed by atoms with Gasteiger partial charge in [0.2, 0.25) is 0 Å². The summed E-state index contributed by atoms with van der Waals surface area (Å²) in [4.78, 5) is 15.8. The lowest BCUT2D eigenvalue weighted by Crippen LogP contribution is -2.00. The molecule has 4 nitrogen and oxygen atoms in total. The second kappa shape index (κ2) is 6.04. The summed E-state index contributed by atoms with van der Waals surface area (Å²) in [5, 5.41) is 2.39. The highest BCUT2D eigenvalue weighted by atomic mass is 35.5. The van der Waals surface area contributed by atoms with Gasteiger partial charge in [-0.3, -0.25) is 4.79 Å². The molecule has 0 fully saturated rings. The van der Waals surface area contributed by atoms with Gasteiger partial charge in [-0.1, -0.05) is 0 Å². The molecule has 0 N–H and O–H groups in total. The monoisotopic (exact) mass is 297 g/mol. The number of hydrogen-bond donors (Lipinski definition) is 0. The molecule has 2 rings (SSSR count). The van der Waals surface area contributed by atoms with Crippen LogP contribution >= 0.6 is 22.9 Å². The number of nitrogens with zero attached hydrogens (tertiary/aromatic N) is 1. The molecule has 0 aliphatic rings. The fourth-order valence-electron chi connectivity index (χ4n) is 1.58. The number of Topliss-reactive ketones (excluding diaryl/α,β-unsaturated/α-hetero) is 1. The van der Waals surface area contributed by atoms with Crippen molar-refractivity contribution in [2.45, 2.75) is 0 Å². The molecular formula is C13H12ClNO3S. The summed E-state index contributed by atoms with van der Waals surface area (Å²) in [6.07, 6.45) is 0. The highest BCUT2D eigenvalue weighted by Crippen LogP contribution is 2.35. The minimum absolute atomic E-state index is 0.0710. The Balaban J connectivity index is 2.45. The van der Waals surface area contributed by atoms with Crippen LogP contribution in [0, 0.1) is 0 Å². The van der Waals surface area contributed by atoms with E-state index in [1.807, 2.05) is 6.07 Å². The molecule has 1 aromatic carbocycles. The van der Waals surface area contributed by atoms with Crippen LogP contribution in [-0.2, 0) is 0 Å². The highest BCUT2D eigenvalue weighted by molar-refractivity contribution is 7.13. The van der Waals surface area contributed by atoms with E-state index in [9.17, 15) is 4.79 Å². The lowest BCUT2D eigenvalue weighted by molar-refractivity contribution is 0.101. The normalized spacial score (nSPS) is 10.3. The minimum Gasteiger partial charge on any atom is -0.497 e. The number of carbonyl (C=O) groups excluding carboxylic acids is 1. The fourth-order valence-corrected chi connectivity index (χ4v) is 2.56. The van der Waals surface area contributed by atoms with E-state index in [4.69, 9.17) is 21.1 Å². The number of hydrogen-bond acceptors (Lipinski definition) is 5. The van der Waals surface area contributed by atoms with E-state index < -0.39 is 0 Å². The Labute approximate surface area is 120 Å². The number of thiazole rings is 1. The molecule has 0 amide bonds. The average Bonchev–Trinajstić information content (AvgIpc) is 2.95. The van der Waals surface area contributed by atoms with Crippen LogP contribution in [0.5, 0.6) is 11.5 Å². The summed E-state index contributed by atoms with van der Waals surface area (Å²) in [6, 6.07) is 5.44. The molecule has 0 aliphatic carbocycles. The van der Waals surface area contributed by atoms with Crippen molar-refractivity contribution in [3.8, 4) is 22.1 Å². The topological polar surface area (TPSA) is 48.4 Å². The number of ether oxygens (including phenoxy) is 2. The molecule has 0 aliphatic heterocycles. The summed E-state index contributed by atoms with van der Waals surface area (Å²) in [5.41, 5.74) is 1.17. The van der Waals surface area contributed by atoms with Gasteiger partial charge in [-0.2, -0.15) is 0 Å². The van der Waals surface area contributed by atoms with Crippen molar-refractivity contribution in [2.75, 3.05) is 20.1 Å². The maximum atomic E-state index is 11.5. The van der Waals surface area contributed by atoms with Crippen molar-refractivity contribution in [1.82, 2.24) is 4.98 Å². The second-order valence-electron chi connectivity index (χ2n) is 3.66. The quantitative estimate of drug-likeness (QED) is 0.628. The first kappa shape index (κ1) is 13.8. The average molecular weight is 298 g/mol. The molecule has 0 bridgehead atoms. The molecule has 0 atom stereocenters. The Bertz CT molecular complexity index is 597. The number of carbonyl (C=O) groups is 1. The van der Waals surface area contributed by atoms with E-state index in [1.54, 1.807) is 31.7 Å². The van der Waals surface area contributed by atoms with Gasteiger partial charge in [-0.25, -0.2) is 4.98 Å². The predicted molar refractivity (Wildman–Crippen MR) is 75.7 cm³/mol. The maximum Gasteiger partial charge on any atom is 0.196 e. The zero-order chi connectivity index (χ0) is 13.8. The number of alkyl halides is 1. The molecule has 6 heteroatoms. The third-order valence-corrected chi connectivity index (χ3v) is 3.67. The molecule has 1 aromatic heterocycles. The third kappa shape index (κ3) is 2.88. The largest absolute Gasteiger partial charge is 0.497 e. The van der Waals surface area contributed by atoms with Crippen molar-refractivity contribution >= 4 is 28.7 Å². The zero-order valence-electron chi connectivity index (χ0n) is 10.5. The van der Waals surface area contributed by atoms with E-state index >= 15 is 0 Å². The van der Waals surface area contributed by atoms with Gasteiger partial charge in [0.1, 0.15) is 22.2 Å². The molecule has 0 saturated heterocycles. The SMILES string of the molecule is COc1ccc(OC)c(-c2nc(C(=O)CCl)cs2)c1. The molecule has 2 aromatic rings. The number of rotatable bonds is 5. The Hall–Kier alpha value is -1.59. The van der Waals surface area contributed by atoms with Gasteiger partial charge < -0.3 is 9.47 Å². The summed E-state index contributed by atoms with van der Waals surface area (Å²) in [5.74, 6) is 1.13. The smallest absolute Gasteiger partial charge is 0.196 e. The Morgan fingerprint density at radius 2 is 2.16 bits per heavy atom. The molecule has 19 heavy (non-hydrogen) atoms. The van der Waals surface area contributed by atoms with Crippen molar-refractivity contribution < 1.29 is 14.3 Å². The molecular weight excluding hydrogens is 286 g/mol. The van der Waals surface area contributed by atoms with E-state index in [2.05, 4.69) is 4.98 Å². The van der Waals surface area contributed by atoms with Gasteiger partial charge in [0.15, 0.2) is 5.78 Å². The lowest BCUT2D eigenvalue weighted by Gasteiger charge is -2.08. The van der Waals surface area contributed by atoms with Gasteiger partial charge in [0.25, 0.3) is 0 Å². The molecule has 1 heterocycles. The van der Waals surface area contributed by atoms with E-state index in [0.717, 1.165) is 5.56 Å². The van der Waals surface area contributed by atoms with Gasteiger partial charge >= 0.3 is 0 Å². The lowest BCUT2D eigenvalue weighted by atomic mass is 10.2. The summed E-state index contributed by atoms with van der Waals surface area (Å²) in [6.45, 7) is 0. The summed E-state index contributed by atoms with van der Waals surface area (Å²) >= 11 is 6.89. The maximum absolute atomic E-state index is 11.5. The van der Waals surface area contributed by atoms with Crippen LogP contribution in [0.3, 0.4) is 0 Å². The van der Waals surface area contributed by atoms with Crippen LogP contribution in [0.4, 0.5) is 0 Å². The minimum atomic E-state index is -0.189. The number of benzene rings is 1. The van der Waals surface area contributed by atoms with Crippen LogP contribution in [0.1, 0.15) is 10.5 Å². The predicted octanol–water partition coefficient (Wildman–Crippen LogP) is 3.25. The van der Waals surface area contributed by atoms with E-state index in [0.29, 0.717) is 22.2 Å². The summed E-state index contributed by atoms with van der Waals surface area (Å²) in [7, 11) is 3.18. The van der Waals surface area contributed by atoms with Gasteiger partial charge in [0.05, 0.1) is 25.7 Å². The Morgan fingerprint density at radius 3 is 2.79 bits per heavy atom. The van der Waals surface area contributed by atoms with Crippen LogP contribution in [0.25, 0.3) is 10.6 Å². The first-order valence-electron chi connectivity index (χ1n) is 5.46. The number of aromatic nitrogens is 1. The molecule has 100 valence electrons. The standard InChI is InChI=1S/C13H12ClNO3S/c1-17-8-3-4-12(18-2)9(5-8)13-15-10(7-19-13)11(16)6-14/h3-5,7H,6H2,1-2H3. The first-order valence-corrected chi connectivity index (χ1v) is 6.88. The van der Waals surface area contributed by atoms with Crippen molar-refractivity contribution in [3.05, 3.63) is 29.3 Å². The zero-order valence-corrected chi connectivity index (χ0v) is 12.0. The van der Waals surface area contributed by atoms with Crippen molar-refractivity contribution in [3.63, 3.8) is 0 Å². The van der Waals surface area contributed by atoms with Gasteiger partial charge in [-0.05, 0) is 18.2 Å². The molecule has 0 spiro atoms. The Morgan fingerprint density at radius 1 is 1.37 bits per heavy atom. The van der Waals surface area contributed by atoms with Crippen LogP contribution < -0.4 is 9.47 Å². The number of halogens is 1. The second-order valence-corrected chi connectivity index (χ2v) is 4.79.